The molecule has 1 fully saturated rings. The summed E-state index contributed by atoms with van der Waals surface area (Å²) in [6.07, 6.45) is 3.47. The summed E-state index contributed by atoms with van der Waals surface area (Å²) in [4.78, 5) is 2.79. The van der Waals surface area contributed by atoms with Gasteiger partial charge in [-0.3, -0.25) is 4.90 Å². The maximum absolute atomic E-state index is 12.5. The smallest absolute Gasteiger partial charge is 0.240 e. The average molecular weight is 324 g/mol. The standard InChI is InChI=1S/C17H28N2O2S/c1-14(2)11-16(19-9-4-5-10-19)13-18-22(20,21)17-8-6-7-15(3)12-17/h6-8,12,14,16,18H,4-5,9-11,13H2,1-3H3. The maximum atomic E-state index is 12.5. The zero-order valence-electron chi connectivity index (χ0n) is 13.9. The summed E-state index contributed by atoms with van der Waals surface area (Å²) in [5.41, 5.74) is 0.959. The third-order valence-corrected chi connectivity index (χ3v) is 5.63. The molecule has 1 aliphatic rings. The summed E-state index contributed by atoms with van der Waals surface area (Å²) in [7, 11) is -3.42. The highest BCUT2D eigenvalue weighted by atomic mass is 32.2. The van der Waals surface area contributed by atoms with Gasteiger partial charge in [0.15, 0.2) is 0 Å². The van der Waals surface area contributed by atoms with Crippen molar-refractivity contribution in [2.45, 2.75) is 51.0 Å². The highest BCUT2D eigenvalue weighted by Gasteiger charge is 2.24. The Morgan fingerprint density at radius 3 is 2.50 bits per heavy atom. The molecular formula is C17H28N2O2S. The van der Waals surface area contributed by atoms with E-state index < -0.39 is 10.0 Å². The number of nitrogens with zero attached hydrogens (tertiary/aromatic N) is 1. The fraction of sp³-hybridized carbons (Fsp3) is 0.647. The summed E-state index contributed by atoms with van der Waals surface area (Å²) in [5, 5.41) is 0. The van der Waals surface area contributed by atoms with E-state index in [4.69, 9.17) is 0 Å². The number of likely N-dealkylation sites (tertiary alicyclic amines) is 1. The van der Waals surface area contributed by atoms with Crippen molar-refractivity contribution in [2.24, 2.45) is 5.92 Å². The van der Waals surface area contributed by atoms with Crippen molar-refractivity contribution in [3.8, 4) is 0 Å². The number of aryl methyl sites for hydroxylation is 1. The summed E-state index contributed by atoms with van der Waals surface area (Å²) in [6.45, 7) is 8.96. The van der Waals surface area contributed by atoms with E-state index in [-0.39, 0.29) is 0 Å². The zero-order chi connectivity index (χ0) is 16.2. The van der Waals surface area contributed by atoms with E-state index in [1.165, 1.54) is 12.8 Å². The highest BCUT2D eigenvalue weighted by Crippen LogP contribution is 2.18. The lowest BCUT2D eigenvalue weighted by molar-refractivity contribution is 0.214. The molecule has 0 amide bonds. The van der Waals surface area contributed by atoms with Gasteiger partial charge in [-0.05, 0) is 62.9 Å². The van der Waals surface area contributed by atoms with Crippen LogP contribution in [0.15, 0.2) is 29.2 Å². The van der Waals surface area contributed by atoms with E-state index >= 15 is 0 Å². The molecule has 1 N–H and O–H groups in total. The van der Waals surface area contributed by atoms with Gasteiger partial charge in [0, 0.05) is 12.6 Å². The molecule has 1 heterocycles. The Hall–Kier alpha value is -0.910. The van der Waals surface area contributed by atoms with Crippen molar-refractivity contribution in [1.82, 2.24) is 9.62 Å². The van der Waals surface area contributed by atoms with Gasteiger partial charge in [0.2, 0.25) is 10.0 Å². The molecule has 0 spiro atoms. The molecule has 0 radical (unpaired) electrons. The van der Waals surface area contributed by atoms with E-state index in [1.54, 1.807) is 18.2 Å². The SMILES string of the molecule is Cc1cccc(S(=O)(=O)NCC(CC(C)C)N2CCCC2)c1. The van der Waals surface area contributed by atoms with Crippen molar-refractivity contribution in [3.05, 3.63) is 29.8 Å². The summed E-state index contributed by atoms with van der Waals surface area (Å²) in [5.74, 6) is 0.564. The number of benzene rings is 1. The van der Waals surface area contributed by atoms with E-state index in [9.17, 15) is 8.42 Å². The molecule has 4 nitrogen and oxygen atoms in total. The molecule has 5 heteroatoms. The van der Waals surface area contributed by atoms with Crippen LogP contribution in [0, 0.1) is 12.8 Å². The molecule has 0 saturated carbocycles. The average Bonchev–Trinajstić information content (AvgIpc) is 2.97. The van der Waals surface area contributed by atoms with Crippen molar-refractivity contribution < 1.29 is 8.42 Å². The Labute approximate surface area is 135 Å². The molecule has 0 aromatic heterocycles. The molecule has 0 aliphatic carbocycles. The van der Waals surface area contributed by atoms with E-state index in [1.807, 2.05) is 13.0 Å². The first-order valence-electron chi connectivity index (χ1n) is 8.19. The van der Waals surface area contributed by atoms with Gasteiger partial charge in [-0.25, -0.2) is 13.1 Å². The second-order valence-electron chi connectivity index (χ2n) is 6.69. The molecule has 1 aliphatic heterocycles. The van der Waals surface area contributed by atoms with E-state index in [0.29, 0.717) is 23.4 Å². The zero-order valence-corrected chi connectivity index (χ0v) is 14.7. The van der Waals surface area contributed by atoms with Gasteiger partial charge in [0.05, 0.1) is 4.90 Å². The number of sulfonamides is 1. The molecule has 1 unspecified atom stereocenters. The summed E-state index contributed by atoms with van der Waals surface area (Å²) < 4.78 is 27.7. The fourth-order valence-electron chi connectivity index (χ4n) is 3.08. The van der Waals surface area contributed by atoms with Crippen LogP contribution < -0.4 is 4.72 Å². The largest absolute Gasteiger partial charge is 0.299 e. The van der Waals surface area contributed by atoms with Gasteiger partial charge in [-0.15, -0.1) is 0 Å². The van der Waals surface area contributed by atoms with Gasteiger partial charge in [0.25, 0.3) is 0 Å². The number of nitrogens with one attached hydrogen (secondary N) is 1. The van der Waals surface area contributed by atoms with Gasteiger partial charge >= 0.3 is 0 Å². The first-order chi connectivity index (χ1) is 10.4. The molecule has 124 valence electrons. The molecule has 1 aromatic rings. The van der Waals surface area contributed by atoms with Gasteiger partial charge in [-0.2, -0.15) is 0 Å². The molecule has 1 saturated heterocycles. The maximum Gasteiger partial charge on any atom is 0.240 e. The van der Waals surface area contributed by atoms with Crippen molar-refractivity contribution in [1.29, 1.82) is 0 Å². The van der Waals surface area contributed by atoms with Crippen molar-refractivity contribution in [2.75, 3.05) is 19.6 Å². The highest BCUT2D eigenvalue weighted by molar-refractivity contribution is 7.89. The van der Waals surface area contributed by atoms with Crippen LogP contribution in [0.4, 0.5) is 0 Å². The molecule has 1 aromatic carbocycles. The van der Waals surface area contributed by atoms with Crippen LogP contribution in [0.25, 0.3) is 0 Å². The first-order valence-corrected chi connectivity index (χ1v) is 9.67. The van der Waals surface area contributed by atoms with Crippen LogP contribution >= 0.6 is 0 Å². The fourth-order valence-corrected chi connectivity index (χ4v) is 4.26. The Kier molecular flexibility index (Phi) is 6.01. The van der Waals surface area contributed by atoms with Gasteiger partial charge in [0.1, 0.15) is 0 Å². The lowest BCUT2D eigenvalue weighted by Gasteiger charge is -2.29. The van der Waals surface area contributed by atoms with Crippen LogP contribution in [-0.2, 0) is 10.0 Å². The monoisotopic (exact) mass is 324 g/mol. The molecule has 0 bridgehead atoms. The number of rotatable bonds is 7. The van der Waals surface area contributed by atoms with Crippen LogP contribution in [0.1, 0.15) is 38.7 Å². The van der Waals surface area contributed by atoms with Crippen LogP contribution in [0.3, 0.4) is 0 Å². The Balaban J connectivity index is 2.04. The predicted molar refractivity (Wildman–Crippen MR) is 90.4 cm³/mol. The van der Waals surface area contributed by atoms with Crippen molar-refractivity contribution >= 4 is 10.0 Å². The summed E-state index contributed by atoms with van der Waals surface area (Å²) in [6, 6.07) is 7.36. The Morgan fingerprint density at radius 2 is 1.91 bits per heavy atom. The lowest BCUT2D eigenvalue weighted by atomic mass is 10.0. The topological polar surface area (TPSA) is 49.4 Å². The second-order valence-corrected chi connectivity index (χ2v) is 8.46. The molecule has 2 rings (SSSR count). The predicted octanol–water partition coefficient (Wildman–Crippen LogP) is 2.78. The Morgan fingerprint density at radius 1 is 1.23 bits per heavy atom. The minimum atomic E-state index is -3.42. The van der Waals surface area contributed by atoms with Crippen LogP contribution in [-0.4, -0.2) is 39.0 Å². The quantitative estimate of drug-likeness (QED) is 0.839. The molecule has 1 atom stereocenters. The minimum absolute atomic E-state index is 0.294. The number of hydrogen-bond acceptors (Lipinski definition) is 3. The van der Waals surface area contributed by atoms with Gasteiger partial charge in [-0.1, -0.05) is 26.0 Å². The normalized spacial score (nSPS) is 18.0. The third-order valence-electron chi connectivity index (χ3n) is 4.21. The molecular weight excluding hydrogens is 296 g/mol. The second kappa shape index (κ2) is 7.57. The number of hydrogen-bond donors (Lipinski definition) is 1. The van der Waals surface area contributed by atoms with E-state index in [0.717, 1.165) is 25.1 Å². The summed E-state index contributed by atoms with van der Waals surface area (Å²) >= 11 is 0. The minimum Gasteiger partial charge on any atom is -0.299 e. The first kappa shape index (κ1) is 17.4. The molecule has 22 heavy (non-hydrogen) atoms. The van der Waals surface area contributed by atoms with E-state index in [2.05, 4.69) is 23.5 Å². The third kappa shape index (κ3) is 4.80. The lowest BCUT2D eigenvalue weighted by Crippen LogP contribution is -2.43. The van der Waals surface area contributed by atoms with Crippen LogP contribution in [0.2, 0.25) is 0 Å². The van der Waals surface area contributed by atoms with Crippen molar-refractivity contribution in [3.63, 3.8) is 0 Å². The van der Waals surface area contributed by atoms with Crippen LogP contribution in [0.5, 0.6) is 0 Å². The Bertz CT molecular complexity index is 578. The van der Waals surface area contributed by atoms with Gasteiger partial charge < -0.3 is 0 Å².